The van der Waals surface area contributed by atoms with Gasteiger partial charge in [-0.3, -0.25) is 0 Å². The smallest absolute Gasteiger partial charge is 0.127 e. The number of aryl methyl sites for hydroxylation is 1. The van der Waals surface area contributed by atoms with E-state index < -0.39 is 0 Å². The van der Waals surface area contributed by atoms with Crippen LogP contribution in [0, 0.1) is 5.92 Å². The normalized spacial score (nSPS) is 17.6. The van der Waals surface area contributed by atoms with Crippen molar-refractivity contribution in [3.63, 3.8) is 0 Å². The lowest BCUT2D eigenvalue weighted by Crippen LogP contribution is -2.16. The minimum atomic E-state index is 0.484. The first-order chi connectivity index (χ1) is 8.63. The van der Waals surface area contributed by atoms with Gasteiger partial charge in [0.05, 0.1) is 5.69 Å². The van der Waals surface area contributed by atoms with Gasteiger partial charge in [0.15, 0.2) is 0 Å². The van der Waals surface area contributed by atoms with Crippen LogP contribution in [0.2, 0.25) is 0 Å². The van der Waals surface area contributed by atoms with Crippen molar-refractivity contribution < 1.29 is 4.74 Å². The van der Waals surface area contributed by atoms with Crippen LogP contribution in [-0.4, -0.2) is 22.8 Å². The monoisotopic (exact) mass is 251 g/mol. The van der Waals surface area contributed by atoms with E-state index in [1.54, 1.807) is 0 Å². The molecule has 0 amide bonds. The Morgan fingerprint density at radius 2 is 2.06 bits per heavy atom. The summed E-state index contributed by atoms with van der Waals surface area (Å²) in [4.78, 5) is 4.79. The molecule has 1 aliphatic heterocycles. The quantitative estimate of drug-likeness (QED) is 0.895. The number of aromatic nitrogens is 2. The molecule has 102 valence electrons. The zero-order valence-electron chi connectivity index (χ0n) is 11.8. The Hall–Kier alpha value is -1.03. The van der Waals surface area contributed by atoms with Gasteiger partial charge in [-0.25, -0.2) is 4.98 Å². The van der Waals surface area contributed by atoms with Gasteiger partial charge in [0.1, 0.15) is 11.6 Å². The van der Waals surface area contributed by atoms with E-state index >= 15 is 0 Å². The summed E-state index contributed by atoms with van der Waals surface area (Å²) in [5.74, 6) is 3.09. The molecule has 2 heterocycles. The molecule has 1 aromatic heterocycles. The summed E-state index contributed by atoms with van der Waals surface area (Å²) < 4.78 is 7.62. The van der Waals surface area contributed by atoms with Gasteiger partial charge < -0.3 is 15.0 Å². The first-order valence-electron chi connectivity index (χ1n) is 7.06. The third kappa shape index (κ3) is 2.69. The Balaban J connectivity index is 2.27. The average molecular weight is 251 g/mol. The predicted octanol–water partition coefficient (Wildman–Crippen LogP) is 2.58. The fourth-order valence-corrected chi connectivity index (χ4v) is 2.64. The number of nitrogen functional groups attached to an aromatic ring is 1. The zero-order chi connectivity index (χ0) is 13.1. The van der Waals surface area contributed by atoms with Crippen molar-refractivity contribution in [1.82, 2.24) is 9.55 Å². The predicted molar refractivity (Wildman–Crippen MR) is 73.6 cm³/mol. The summed E-state index contributed by atoms with van der Waals surface area (Å²) in [6.07, 6.45) is 3.04. The van der Waals surface area contributed by atoms with Crippen LogP contribution in [-0.2, 0) is 17.7 Å². The van der Waals surface area contributed by atoms with Crippen LogP contribution in [0.1, 0.15) is 51.0 Å². The van der Waals surface area contributed by atoms with E-state index in [1.165, 1.54) is 0 Å². The lowest BCUT2D eigenvalue weighted by atomic mass is 9.96. The molecule has 1 saturated heterocycles. The summed E-state index contributed by atoms with van der Waals surface area (Å²) >= 11 is 0. The van der Waals surface area contributed by atoms with Crippen molar-refractivity contribution in [2.24, 2.45) is 5.92 Å². The van der Waals surface area contributed by atoms with Crippen molar-refractivity contribution in [3.8, 4) is 0 Å². The standard InChI is InChI=1S/C14H25N3O/c1-4-12-16-13(11-5-7-18-8-6-11)14(15)17(12)9-10(2)3/h10-11H,4-9,15H2,1-3H3. The van der Waals surface area contributed by atoms with Gasteiger partial charge in [0.25, 0.3) is 0 Å². The largest absolute Gasteiger partial charge is 0.384 e. The molecule has 0 unspecified atom stereocenters. The average Bonchev–Trinajstić information content (AvgIpc) is 2.67. The number of rotatable bonds is 4. The van der Waals surface area contributed by atoms with Gasteiger partial charge >= 0.3 is 0 Å². The molecule has 1 fully saturated rings. The molecule has 0 bridgehead atoms. The van der Waals surface area contributed by atoms with E-state index in [4.69, 9.17) is 15.5 Å². The topological polar surface area (TPSA) is 53.1 Å². The Labute approximate surface area is 110 Å². The van der Waals surface area contributed by atoms with Crippen LogP contribution in [0.4, 0.5) is 5.82 Å². The number of nitrogens with two attached hydrogens (primary N) is 1. The fraction of sp³-hybridized carbons (Fsp3) is 0.786. The van der Waals surface area contributed by atoms with E-state index in [0.29, 0.717) is 11.8 Å². The first kappa shape index (κ1) is 13.4. The van der Waals surface area contributed by atoms with Crippen LogP contribution < -0.4 is 5.73 Å². The van der Waals surface area contributed by atoms with E-state index in [-0.39, 0.29) is 0 Å². The third-order valence-electron chi connectivity index (χ3n) is 3.59. The Kier molecular flexibility index (Phi) is 4.27. The second-order valence-electron chi connectivity index (χ2n) is 5.54. The molecule has 0 saturated carbocycles. The molecule has 2 N–H and O–H groups in total. The minimum absolute atomic E-state index is 0.484. The molecular weight excluding hydrogens is 226 g/mol. The van der Waals surface area contributed by atoms with Crippen molar-refractivity contribution in [2.45, 2.75) is 52.5 Å². The van der Waals surface area contributed by atoms with Gasteiger partial charge in [0.2, 0.25) is 0 Å². The minimum Gasteiger partial charge on any atom is -0.384 e. The number of hydrogen-bond donors (Lipinski definition) is 1. The number of anilines is 1. The van der Waals surface area contributed by atoms with Gasteiger partial charge in [0, 0.05) is 32.1 Å². The molecule has 4 heteroatoms. The molecule has 2 rings (SSSR count). The number of hydrogen-bond acceptors (Lipinski definition) is 3. The maximum atomic E-state index is 6.32. The molecule has 1 aromatic rings. The number of nitrogens with zero attached hydrogens (tertiary/aromatic N) is 2. The lowest BCUT2D eigenvalue weighted by molar-refractivity contribution is 0.0847. The SMILES string of the molecule is CCc1nc(C2CCOCC2)c(N)n1CC(C)C. The molecule has 0 spiro atoms. The molecule has 4 nitrogen and oxygen atoms in total. The van der Waals surface area contributed by atoms with E-state index in [0.717, 1.165) is 56.4 Å². The van der Waals surface area contributed by atoms with E-state index in [2.05, 4.69) is 25.3 Å². The van der Waals surface area contributed by atoms with Gasteiger partial charge in [-0.2, -0.15) is 0 Å². The van der Waals surface area contributed by atoms with E-state index in [9.17, 15) is 0 Å². The molecule has 0 aromatic carbocycles. The van der Waals surface area contributed by atoms with Gasteiger partial charge in [-0.1, -0.05) is 20.8 Å². The third-order valence-corrected chi connectivity index (χ3v) is 3.59. The highest BCUT2D eigenvalue weighted by molar-refractivity contribution is 5.41. The molecular formula is C14H25N3O. The highest BCUT2D eigenvalue weighted by atomic mass is 16.5. The van der Waals surface area contributed by atoms with E-state index in [1.807, 2.05) is 0 Å². The Bertz CT molecular complexity index is 392. The summed E-state index contributed by atoms with van der Waals surface area (Å²) in [6.45, 7) is 9.21. The molecule has 0 aliphatic carbocycles. The second kappa shape index (κ2) is 5.74. The highest BCUT2D eigenvalue weighted by Gasteiger charge is 2.24. The number of ether oxygens (including phenoxy) is 1. The maximum absolute atomic E-state index is 6.32. The summed E-state index contributed by atoms with van der Waals surface area (Å²) in [6, 6.07) is 0. The first-order valence-corrected chi connectivity index (χ1v) is 7.06. The lowest BCUT2D eigenvalue weighted by Gasteiger charge is -2.21. The molecule has 18 heavy (non-hydrogen) atoms. The van der Waals surface area contributed by atoms with Crippen LogP contribution in [0.5, 0.6) is 0 Å². The summed E-state index contributed by atoms with van der Waals surface area (Å²) in [7, 11) is 0. The van der Waals surface area contributed by atoms with Crippen molar-refractivity contribution >= 4 is 5.82 Å². The van der Waals surface area contributed by atoms with Crippen LogP contribution in [0.25, 0.3) is 0 Å². The van der Waals surface area contributed by atoms with Gasteiger partial charge in [-0.05, 0) is 18.8 Å². The van der Waals surface area contributed by atoms with Crippen LogP contribution in [0.15, 0.2) is 0 Å². The molecule has 0 atom stereocenters. The zero-order valence-corrected chi connectivity index (χ0v) is 11.8. The van der Waals surface area contributed by atoms with Crippen molar-refractivity contribution in [2.75, 3.05) is 18.9 Å². The Morgan fingerprint density at radius 1 is 1.39 bits per heavy atom. The maximum Gasteiger partial charge on any atom is 0.127 e. The van der Waals surface area contributed by atoms with Crippen molar-refractivity contribution in [1.29, 1.82) is 0 Å². The fourth-order valence-electron chi connectivity index (χ4n) is 2.64. The summed E-state index contributed by atoms with van der Waals surface area (Å²) in [5.41, 5.74) is 7.43. The molecule has 0 radical (unpaired) electrons. The number of imidazole rings is 1. The molecule has 1 aliphatic rings. The Morgan fingerprint density at radius 3 is 2.61 bits per heavy atom. The summed E-state index contributed by atoms with van der Waals surface area (Å²) in [5, 5.41) is 0. The second-order valence-corrected chi connectivity index (χ2v) is 5.54. The van der Waals surface area contributed by atoms with Crippen LogP contribution in [0.3, 0.4) is 0 Å². The highest BCUT2D eigenvalue weighted by Crippen LogP contribution is 2.31. The van der Waals surface area contributed by atoms with Crippen LogP contribution >= 0.6 is 0 Å². The van der Waals surface area contributed by atoms with Gasteiger partial charge in [-0.15, -0.1) is 0 Å². The van der Waals surface area contributed by atoms with Crippen molar-refractivity contribution in [3.05, 3.63) is 11.5 Å².